The van der Waals surface area contributed by atoms with Gasteiger partial charge in [0.2, 0.25) is 0 Å². The molecule has 0 fully saturated rings. The lowest BCUT2D eigenvalue weighted by Crippen LogP contribution is -2.25. The molecule has 0 radical (unpaired) electrons. The minimum atomic E-state index is -1.33. The van der Waals surface area contributed by atoms with E-state index in [1.54, 1.807) is 19.1 Å². The van der Waals surface area contributed by atoms with Crippen LogP contribution in [-0.4, -0.2) is 28.2 Å². The van der Waals surface area contributed by atoms with Gasteiger partial charge in [0, 0.05) is 0 Å². The van der Waals surface area contributed by atoms with Crippen LogP contribution in [0, 0.1) is 0 Å². The van der Waals surface area contributed by atoms with Gasteiger partial charge < -0.3 is 15.4 Å². The molecule has 5 nitrogen and oxygen atoms in total. The van der Waals surface area contributed by atoms with Crippen LogP contribution < -0.4 is 0 Å². The molecule has 1 N–H and O–H groups in total. The van der Waals surface area contributed by atoms with Crippen molar-refractivity contribution in [2.75, 3.05) is 6.61 Å². The molecule has 0 aliphatic carbocycles. The van der Waals surface area contributed by atoms with Crippen LogP contribution in [0.25, 0.3) is 16.3 Å². The molecule has 2 aromatic rings. The van der Waals surface area contributed by atoms with Gasteiger partial charge in [-0.15, -0.1) is 0 Å². The maximum Gasteiger partial charge on any atom is 0.420 e. The smallest absolute Gasteiger partial charge is 0.420 e. The number of carbonyl (C=O) groups excluding carboxylic acids is 1. The van der Waals surface area contributed by atoms with Crippen LogP contribution in [-0.2, 0) is 9.53 Å². The summed E-state index contributed by atoms with van der Waals surface area (Å²) in [6.45, 7) is 1.78. The molecule has 1 unspecified atom stereocenters. The Balaban J connectivity index is 2.37. The number of aliphatic hydroxyl groups excluding tert-OH is 1. The van der Waals surface area contributed by atoms with Crippen LogP contribution in [0.4, 0.5) is 0 Å². The molecule has 0 heterocycles. The number of esters is 1. The average molecular weight is 270 g/mol. The lowest BCUT2D eigenvalue weighted by atomic mass is 10.0. The van der Waals surface area contributed by atoms with Gasteiger partial charge in [0.05, 0.1) is 6.61 Å². The summed E-state index contributed by atoms with van der Waals surface area (Å²) >= 11 is 0. The van der Waals surface area contributed by atoms with Crippen molar-refractivity contribution in [3.8, 4) is 0 Å². The van der Waals surface area contributed by atoms with Crippen LogP contribution in [0.2, 0.25) is 0 Å². The van der Waals surface area contributed by atoms with Crippen molar-refractivity contribution in [3.05, 3.63) is 53.6 Å². The van der Waals surface area contributed by atoms with Gasteiger partial charge in [-0.25, -0.2) is 4.79 Å². The van der Waals surface area contributed by atoms with E-state index in [1.165, 1.54) is 0 Å². The topological polar surface area (TPSA) is 82.9 Å². The summed E-state index contributed by atoms with van der Waals surface area (Å²) in [7, 11) is 0. The number of aliphatic hydroxyl groups is 1. The second-order valence-corrected chi connectivity index (χ2v) is 4.21. The van der Waals surface area contributed by atoms with Gasteiger partial charge in [-0.05, 0) is 29.3 Å². The van der Waals surface area contributed by atoms with Gasteiger partial charge in [-0.3, -0.25) is 0 Å². The molecular formula is C15H14N2O3. The van der Waals surface area contributed by atoms with Gasteiger partial charge in [-0.2, -0.15) is 4.79 Å². The summed E-state index contributed by atoms with van der Waals surface area (Å²) in [5, 5.41) is 12.1. The Morgan fingerprint density at radius 2 is 2.00 bits per heavy atom. The summed E-state index contributed by atoms with van der Waals surface area (Å²) in [6.07, 6.45) is -1.33. The zero-order valence-electron chi connectivity index (χ0n) is 11.0. The molecule has 0 aliphatic heterocycles. The van der Waals surface area contributed by atoms with Crippen molar-refractivity contribution in [2.45, 2.75) is 13.0 Å². The van der Waals surface area contributed by atoms with Gasteiger partial charge in [0.15, 0.2) is 6.10 Å². The molecule has 0 bridgehead atoms. The number of fused-ring (bicyclic) bond motifs is 1. The first-order chi connectivity index (χ1) is 9.67. The zero-order chi connectivity index (χ0) is 14.5. The molecular weight excluding hydrogens is 256 g/mol. The Bertz CT molecular complexity index is 690. The normalized spacial score (nSPS) is 11.7. The van der Waals surface area contributed by atoms with Crippen LogP contribution in [0.5, 0.6) is 0 Å². The van der Waals surface area contributed by atoms with Gasteiger partial charge in [-0.1, -0.05) is 36.4 Å². The molecule has 1 atom stereocenters. The fraction of sp³-hybridized carbons (Fsp3) is 0.200. The van der Waals surface area contributed by atoms with E-state index in [0.29, 0.717) is 5.56 Å². The first-order valence-electron chi connectivity index (χ1n) is 6.23. The molecule has 5 heteroatoms. The third kappa shape index (κ3) is 2.74. The number of ether oxygens (including phenoxy) is 1. The SMILES string of the molecule is CCOC(=O)C(=[N+]=[N-])C(O)c1ccc2ccccc2c1. The number of hydrogen-bond acceptors (Lipinski definition) is 3. The monoisotopic (exact) mass is 270 g/mol. The average Bonchev–Trinajstić information content (AvgIpc) is 2.47. The molecule has 2 rings (SSSR count). The Morgan fingerprint density at radius 1 is 1.30 bits per heavy atom. The molecule has 0 aliphatic rings. The third-order valence-electron chi connectivity index (χ3n) is 2.94. The number of hydrogen-bond donors (Lipinski definition) is 1. The van der Waals surface area contributed by atoms with Gasteiger partial charge in [0.25, 0.3) is 0 Å². The van der Waals surface area contributed by atoms with Crippen molar-refractivity contribution in [1.82, 2.24) is 0 Å². The number of rotatable bonds is 4. The third-order valence-corrected chi connectivity index (χ3v) is 2.94. The fourth-order valence-electron chi connectivity index (χ4n) is 1.95. The lowest BCUT2D eigenvalue weighted by Gasteiger charge is -2.07. The van der Waals surface area contributed by atoms with E-state index in [0.717, 1.165) is 10.8 Å². The van der Waals surface area contributed by atoms with E-state index < -0.39 is 17.8 Å². The second kappa shape index (κ2) is 6.10. The molecule has 0 saturated carbocycles. The highest BCUT2D eigenvalue weighted by Crippen LogP contribution is 2.21. The van der Waals surface area contributed by atoms with Gasteiger partial charge >= 0.3 is 11.7 Å². The highest BCUT2D eigenvalue weighted by atomic mass is 16.5. The van der Waals surface area contributed by atoms with E-state index >= 15 is 0 Å². The molecule has 102 valence electrons. The Labute approximate surface area is 116 Å². The van der Waals surface area contributed by atoms with Gasteiger partial charge in [0.1, 0.15) is 0 Å². The summed E-state index contributed by atoms with van der Waals surface area (Å²) in [5.74, 6) is -0.837. The van der Waals surface area contributed by atoms with Crippen LogP contribution in [0.1, 0.15) is 18.6 Å². The summed E-state index contributed by atoms with van der Waals surface area (Å²) in [6, 6.07) is 12.9. The van der Waals surface area contributed by atoms with E-state index in [4.69, 9.17) is 10.3 Å². The van der Waals surface area contributed by atoms with Crippen LogP contribution >= 0.6 is 0 Å². The van der Waals surface area contributed by atoms with E-state index in [1.807, 2.05) is 30.3 Å². The maximum absolute atomic E-state index is 11.6. The minimum Gasteiger partial charge on any atom is -0.457 e. The molecule has 0 aromatic heterocycles. The largest absolute Gasteiger partial charge is 0.457 e. The van der Waals surface area contributed by atoms with Crippen molar-refractivity contribution in [2.24, 2.45) is 0 Å². The van der Waals surface area contributed by atoms with Crippen molar-refractivity contribution in [3.63, 3.8) is 0 Å². The quantitative estimate of drug-likeness (QED) is 0.399. The Hall–Kier alpha value is -2.49. The zero-order valence-corrected chi connectivity index (χ0v) is 11.0. The summed E-state index contributed by atoms with van der Waals surface area (Å²) in [5.41, 5.74) is 8.93. The van der Waals surface area contributed by atoms with Crippen molar-refractivity contribution < 1.29 is 19.4 Å². The number of carbonyl (C=O) groups is 1. The van der Waals surface area contributed by atoms with Crippen molar-refractivity contribution >= 4 is 22.5 Å². The predicted octanol–water partition coefficient (Wildman–Crippen LogP) is 2.11. The van der Waals surface area contributed by atoms with Crippen LogP contribution in [0.3, 0.4) is 0 Å². The predicted molar refractivity (Wildman–Crippen MR) is 74.2 cm³/mol. The Morgan fingerprint density at radius 3 is 2.65 bits per heavy atom. The molecule has 0 spiro atoms. The highest BCUT2D eigenvalue weighted by molar-refractivity contribution is 6.35. The first kappa shape index (κ1) is 13.9. The molecule has 0 saturated heterocycles. The number of benzene rings is 2. The standard InChI is InChI=1S/C15H14N2O3/c1-2-20-15(19)13(17-16)14(18)12-8-7-10-5-3-4-6-11(10)9-12/h3-9,14,18H,2H2,1H3. The lowest BCUT2D eigenvalue weighted by molar-refractivity contribution is -0.141. The maximum atomic E-state index is 11.6. The molecule has 20 heavy (non-hydrogen) atoms. The van der Waals surface area contributed by atoms with Crippen LogP contribution in [0.15, 0.2) is 42.5 Å². The number of nitrogens with zero attached hydrogens (tertiary/aromatic N) is 2. The molecule has 0 amide bonds. The van der Waals surface area contributed by atoms with E-state index in [2.05, 4.69) is 4.79 Å². The molecule has 2 aromatic carbocycles. The first-order valence-corrected chi connectivity index (χ1v) is 6.23. The minimum absolute atomic E-state index is 0.141. The van der Waals surface area contributed by atoms with E-state index in [-0.39, 0.29) is 6.61 Å². The second-order valence-electron chi connectivity index (χ2n) is 4.21. The fourth-order valence-corrected chi connectivity index (χ4v) is 1.95. The summed E-state index contributed by atoms with van der Waals surface area (Å²) < 4.78 is 4.74. The highest BCUT2D eigenvalue weighted by Gasteiger charge is 2.32. The van der Waals surface area contributed by atoms with Crippen molar-refractivity contribution in [1.29, 1.82) is 0 Å². The van der Waals surface area contributed by atoms with E-state index in [9.17, 15) is 9.90 Å². The Kier molecular flexibility index (Phi) is 4.25. The summed E-state index contributed by atoms with van der Waals surface area (Å²) in [4.78, 5) is 14.4.